The minimum Gasteiger partial charge on any atom is -0.322 e. The molecule has 1 saturated heterocycles. The van der Waals surface area contributed by atoms with Crippen LogP contribution < -0.4 is 0 Å². The first-order valence-electron chi connectivity index (χ1n) is 5.55. The molecule has 0 aromatic carbocycles. The van der Waals surface area contributed by atoms with Crippen LogP contribution in [0.4, 0.5) is 0 Å². The summed E-state index contributed by atoms with van der Waals surface area (Å²) in [6.07, 6.45) is 2.71. The lowest BCUT2D eigenvalue weighted by atomic mass is 10.2. The Kier molecular flexibility index (Phi) is 3.25. The Morgan fingerprint density at radius 2 is 2.50 bits per heavy atom. The van der Waals surface area contributed by atoms with Gasteiger partial charge in [0, 0.05) is 11.4 Å². The summed E-state index contributed by atoms with van der Waals surface area (Å²) in [7, 11) is 0. The lowest BCUT2D eigenvalue weighted by molar-refractivity contribution is 0.0769. The smallest absolute Gasteiger partial charge is 0.264 e. The Balaban J connectivity index is 2.16. The van der Waals surface area contributed by atoms with Gasteiger partial charge in [-0.1, -0.05) is 6.92 Å². The van der Waals surface area contributed by atoms with Crippen molar-refractivity contribution in [3.63, 3.8) is 0 Å². The summed E-state index contributed by atoms with van der Waals surface area (Å²) in [5, 5.41) is 8.94. The Morgan fingerprint density at radius 1 is 1.69 bits per heavy atom. The molecule has 0 spiro atoms. The number of carbonyl (C=O) groups is 1. The number of nitrogens with zero attached hydrogens (tertiary/aromatic N) is 2. The zero-order chi connectivity index (χ0) is 11.5. The normalized spacial score (nSPS) is 19.8. The van der Waals surface area contributed by atoms with Crippen molar-refractivity contribution in [1.29, 1.82) is 5.26 Å². The van der Waals surface area contributed by atoms with Gasteiger partial charge in [-0.3, -0.25) is 4.79 Å². The molecule has 0 N–H and O–H groups in total. The molecule has 4 heteroatoms. The average Bonchev–Trinajstić information content (AvgIpc) is 2.96. The van der Waals surface area contributed by atoms with Gasteiger partial charge in [-0.05, 0) is 31.4 Å². The number of likely N-dealkylation sites (tertiary alicyclic amines) is 1. The maximum Gasteiger partial charge on any atom is 0.264 e. The second-order valence-electron chi connectivity index (χ2n) is 3.91. The van der Waals surface area contributed by atoms with Gasteiger partial charge in [0.2, 0.25) is 0 Å². The van der Waals surface area contributed by atoms with Crippen molar-refractivity contribution >= 4 is 17.2 Å². The predicted molar refractivity (Wildman–Crippen MR) is 63.4 cm³/mol. The minimum absolute atomic E-state index is 0.0220. The van der Waals surface area contributed by atoms with Gasteiger partial charge < -0.3 is 4.90 Å². The van der Waals surface area contributed by atoms with Gasteiger partial charge in [-0.15, -0.1) is 11.3 Å². The van der Waals surface area contributed by atoms with Crippen LogP contribution in [0.25, 0.3) is 0 Å². The molecule has 1 amide bonds. The summed E-state index contributed by atoms with van der Waals surface area (Å²) in [6, 6.07) is 5.84. The number of carbonyl (C=O) groups excluding carboxylic acids is 1. The van der Waals surface area contributed by atoms with E-state index in [0.29, 0.717) is 0 Å². The topological polar surface area (TPSA) is 44.1 Å². The minimum atomic E-state index is -0.223. The van der Waals surface area contributed by atoms with Crippen LogP contribution >= 0.6 is 11.3 Å². The van der Waals surface area contributed by atoms with Crippen molar-refractivity contribution in [1.82, 2.24) is 4.90 Å². The molecule has 0 bridgehead atoms. The first-order chi connectivity index (χ1) is 7.76. The van der Waals surface area contributed by atoms with Gasteiger partial charge in [-0.25, -0.2) is 0 Å². The zero-order valence-corrected chi connectivity index (χ0v) is 10.1. The standard InChI is InChI=1S/C12H14N2OS/c1-2-10-5-6-11(16-10)12(15)14-7-3-4-9(14)8-13/h5-6,9H,2-4,7H2,1H3. The van der Waals surface area contributed by atoms with Crippen molar-refractivity contribution in [2.75, 3.05) is 6.54 Å². The monoisotopic (exact) mass is 234 g/mol. The van der Waals surface area contributed by atoms with Gasteiger partial charge in [-0.2, -0.15) is 5.26 Å². The van der Waals surface area contributed by atoms with E-state index >= 15 is 0 Å². The Morgan fingerprint density at radius 3 is 3.12 bits per heavy atom. The highest BCUT2D eigenvalue weighted by Crippen LogP contribution is 2.23. The van der Waals surface area contributed by atoms with E-state index in [0.717, 1.165) is 30.7 Å². The number of hydrogen-bond acceptors (Lipinski definition) is 3. The molecule has 2 heterocycles. The molecule has 0 saturated carbocycles. The van der Waals surface area contributed by atoms with E-state index in [1.807, 2.05) is 12.1 Å². The fourth-order valence-corrected chi connectivity index (χ4v) is 2.87. The molecule has 0 aliphatic carbocycles. The zero-order valence-electron chi connectivity index (χ0n) is 9.27. The van der Waals surface area contributed by atoms with Crippen molar-refractivity contribution in [2.24, 2.45) is 0 Å². The Bertz CT molecular complexity index is 432. The fraction of sp³-hybridized carbons (Fsp3) is 0.500. The van der Waals surface area contributed by atoms with Gasteiger partial charge in [0.25, 0.3) is 5.91 Å². The van der Waals surface area contributed by atoms with Crippen LogP contribution in [0.15, 0.2) is 12.1 Å². The van der Waals surface area contributed by atoms with Crippen molar-refractivity contribution in [2.45, 2.75) is 32.2 Å². The second-order valence-corrected chi connectivity index (χ2v) is 5.07. The van der Waals surface area contributed by atoms with E-state index in [4.69, 9.17) is 5.26 Å². The molecule has 3 nitrogen and oxygen atoms in total. The number of thiophene rings is 1. The molecular weight excluding hydrogens is 220 g/mol. The molecule has 1 fully saturated rings. The summed E-state index contributed by atoms with van der Waals surface area (Å²) in [5.74, 6) is 0.0220. The summed E-state index contributed by atoms with van der Waals surface area (Å²) in [6.45, 7) is 2.80. The molecule has 16 heavy (non-hydrogen) atoms. The third-order valence-corrected chi connectivity index (χ3v) is 4.10. The van der Waals surface area contributed by atoms with Crippen LogP contribution in [0.3, 0.4) is 0 Å². The van der Waals surface area contributed by atoms with E-state index in [2.05, 4.69) is 13.0 Å². The van der Waals surface area contributed by atoms with Crippen LogP contribution in [0.2, 0.25) is 0 Å². The third-order valence-electron chi connectivity index (χ3n) is 2.88. The molecule has 1 atom stereocenters. The highest BCUT2D eigenvalue weighted by molar-refractivity contribution is 7.14. The highest BCUT2D eigenvalue weighted by atomic mass is 32.1. The molecule has 1 aliphatic rings. The Hall–Kier alpha value is -1.34. The summed E-state index contributed by atoms with van der Waals surface area (Å²) >= 11 is 1.54. The van der Waals surface area contributed by atoms with Crippen LogP contribution in [0.5, 0.6) is 0 Å². The summed E-state index contributed by atoms with van der Waals surface area (Å²) < 4.78 is 0. The van der Waals surface area contributed by atoms with Crippen LogP contribution in [0, 0.1) is 11.3 Å². The number of amides is 1. The number of hydrogen-bond donors (Lipinski definition) is 0. The summed E-state index contributed by atoms with van der Waals surface area (Å²) in [5.41, 5.74) is 0. The molecule has 0 radical (unpaired) electrons. The maximum absolute atomic E-state index is 12.1. The van der Waals surface area contributed by atoms with E-state index < -0.39 is 0 Å². The van der Waals surface area contributed by atoms with Crippen molar-refractivity contribution < 1.29 is 4.79 Å². The summed E-state index contributed by atoms with van der Waals surface area (Å²) in [4.78, 5) is 15.8. The lowest BCUT2D eigenvalue weighted by Gasteiger charge is -2.18. The van der Waals surface area contributed by atoms with Gasteiger partial charge >= 0.3 is 0 Å². The second kappa shape index (κ2) is 4.67. The molecule has 1 aliphatic heterocycles. The van der Waals surface area contributed by atoms with Crippen LogP contribution in [0.1, 0.15) is 34.3 Å². The average molecular weight is 234 g/mol. The number of aryl methyl sites for hydroxylation is 1. The molecule has 84 valence electrons. The van der Waals surface area contributed by atoms with E-state index in [-0.39, 0.29) is 11.9 Å². The molecular formula is C12H14N2OS. The van der Waals surface area contributed by atoms with Gasteiger partial charge in [0.05, 0.1) is 10.9 Å². The van der Waals surface area contributed by atoms with E-state index in [1.54, 1.807) is 4.90 Å². The number of rotatable bonds is 2. The molecule has 1 unspecified atom stereocenters. The van der Waals surface area contributed by atoms with Crippen LogP contribution in [-0.4, -0.2) is 23.4 Å². The number of nitriles is 1. The SMILES string of the molecule is CCc1ccc(C(=O)N2CCCC2C#N)s1. The molecule has 2 rings (SSSR count). The molecule has 1 aromatic heterocycles. The first kappa shape index (κ1) is 11.2. The first-order valence-corrected chi connectivity index (χ1v) is 6.37. The van der Waals surface area contributed by atoms with E-state index in [1.165, 1.54) is 16.2 Å². The Labute approximate surface area is 99.3 Å². The maximum atomic E-state index is 12.1. The van der Waals surface area contributed by atoms with E-state index in [9.17, 15) is 4.79 Å². The van der Waals surface area contributed by atoms with Gasteiger partial charge in [0.1, 0.15) is 6.04 Å². The van der Waals surface area contributed by atoms with Gasteiger partial charge in [0.15, 0.2) is 0 Å². The quantitative estimate of drug-likeness (QED) is 0.789. The third kappa shape index (κ3) is 1.96. The van der Waals surface area contributed by atoms with Crippen molar-refractivity contribution in [3.8, 4) is 6.07 Å². The molecule has 1 aromatic rings. The van der Waals surface area contributed by atoms with Crippen LogP contribution in [-0.2, 0) is 6.42 Å². The predicted octanol–water partition coefficient (Wildman–Crippen LogP) is 2.44. The van der Waals surface area contributed by atoms with Crippen molar-refractivity contribution in [3.05, 3.63) is 21.9 Å². The highest BCUT2D eigenvalue weighted by Gasteiger charge is 2.29. The lowest BCUT2D eigenvalue weighted by Crippen LogP contribution is -2.34. The fourth-order valence-electron chi connectivity index (χ4n) is 1.97. The largest absolute Gasteiger partial charge is 0.322 e.